The molecule has 0 aromatic heterocycles. The number of benzene rings is 8. The van der Waals surface area contributed by atoms with Crippen LogP contribution in [0.5, 0.6) is 0 Å². The summed E-state index contributed by atoms with van der Waals surface area (Å²) in [6.45, 7) is 7.25. The summed E-state index contributed by atoms with van der Waals surface area (Å²) < 4.78 is 0. The van der Waals surface area contributed by atoms with Crippen molar-refractivity contribution >= 4 is 97.8 Å². The highest BCUT2D eigenvalue weighted by molar-refractivity contribution is 7.27. The van der Waals surface area contributed by atoms with Crippen molar-refractivity contribution in [3.8, 4) is 0 Å². The van der Waals surface area contributed by atoms with Gasteiger partial charge in [-0.2, -0.15) is 0 Å². The Morgan fingerprint density at radius 1 is 0.393 bits per heavy atom. The Morgan fingerprint density at radius 3 is 1.39 bits per heavy atom. The average molecular weight is 748 g/mol. The molecule has 4 heteroatoms. The van der Waals surface area contributed by atoms with Gasteiger partial charge < -0.3 is 4.90 Å². The van der Waals surface area contributed by atoms with Crippen LogP contribution in [0.15, 0.2) is 200 Å². The summed E-state index contributed by atoms with van der Waals surface area (Å²) in [7, 11) is -5.64. The molecule has 3 heterocycles. The van der Waals surface area contributed by atoms with Gasteiger partial charge in [0.05, 0.1) is 0 Å². The summed E-state index contributed by atoms with van der Waals surface area (Å²) >= 11 is 0. The van der Waals surface area contributed by atoms with Crippen molar-refractivity contribution in [2.45, 2.75) is 26.2 Å². The molecule has 0 unspecified atom stereocenters. The zero-order valence-corrected chi connectivity index (χ0v) is 34.1. The standard InChI is InChI=1S/C52H42BNSi2/c1-52(2,3)37-35-45-50-49(36-37)55(38-21-8-4-9-22-38,39-23-10-5-11-24-39)46-32-18-16-29-42(46)53(50)43-30-20-34-48-51(43)54(45)44-31-17-19-33-47(44)56(48,40-25-12-6-13-26-40)41-27-14-7-15-28-41/h4-36H,1-3H3. The maximum absolute atomic E-state index is 2.84. The van der Waals surface area contributed by atoms with Crippen LogP contribution in [0, 0.1) is 0 Å². The molecule has 0 atom stereocenters. The highest BCUT2D eigenvalue weighted by Crippen LogP contribution is 2.41. The number of anilines is 3. The second-order valence-electron chi connectivity index (χ2n) is 16.8. The van der Waals surface area contributed by atoms with E-state index in [-0.39, 0.29) is 12.1 Å². The van der Waals surface area contributed by atoms with E-state index >= 15 is 0 Å². The Morgan fingerprint density at radius 2 is 0.839 bits per heavy atom. The molecule has 0 aliphatic carbocycles. The van der Waals surface area contributed by atoms with Gasteiger partial charge in [-0.25, -0.2) is 0 Å². The monoisotopic (exact) mass is 747 g/mol. The van der Waals surface area contributed by atoms with E-state index in [0.717, 1.165) is 0 Å². The van der Waals surface area contributed by atoms with Crippen LogP contribution < -0.4 is 62.8 Å². The van der Waals surface area contributed by atoms with Crippen LogP contribution >= 0.6 is 0 Å². The smallest absolute Gasteiger partial charge is 0.246 e. The van der Waals surface area contributed by atoms with Crippen molar-refractivity contribution in [1.82, 2.24) is 0 Å². The van der Waals surface area contributed by atoms with Gasteiger partial charge in [0.25, 0.3) is 0 Å². The van der Waals surface area contributed by atoms with Crippen molar-refractivity contribution in [3.05, 3.63) is 206 Å². The molecular formula is C52H42BNSi2. The maximum Gasteiger partial charge on any atom is 0.246 e. The third kappa shape index (κ3) is 4.37. The minimum absolute atomic E-state index is 0.0762. The minimum atomic E-state index is -2.84. The molecule has 0 bridgehead atoms. The molecule has 8 aromatic rings. The van der Waals surface area contributed by atoms with Gasteiger partial charge in [0.1, 0.15) is 0 Å². The van der Waals surface area contributed by atoms with Crippen molar-refractivity contribution < 1.29 is 0 Å². The average Bonchev–Trinajstić information content (AvgIpc) is 3.25. The van der Waals surface area contributed by atoms with Crippen molar-refractivity contribution in [3.63, 3.8) is 0 Å². The van der Waals surface area contributed by atoms with E-state index in [4.69, 9.17) is 0 Å². The van der Waals surface area contributed by atoms with Gasteiger partial charge >= 0.3 is 0 Å². The van der Waals surface area contributed by atoms with Crippen LogP contribution in [0.4, 0.5) is 17.1 Å². The largest absolute Gasteiger partial charge is 0.312 e. The highest BCUT2D eigenvalue weighted by atomic mass is 28.3. The number of rotatable bonds is 4. The lowest BCUT2D eigenvalue weighted by Gasteiger charge is -2.52. The first kappa shape index (κ1) is 33.4. The Kier molecular flexibility index (Phi) is 7.32. The fourth-order valence-electron chi connectivity index (χ4n) is 10.8. The Labute approximate surface area is 333 Å². The SMILES string of the molecule is CC(C)(C)c1cc2c3c(c1)[Si](c1ccccc1)(c1ccccc1)c1ccccc1B3c1cccc3c1N2c1ccccc1[Si]3(c1ccccc1)c1ccccc1. The topological polar surface area (TPSA) is 3.24 Å². The molecule has 0 fully saturated rings. The van der Waals surface area contributed by atoms with Crippen LogP contribution in [0.25, 0.3) is 0 Å². The Bertz CT molecular complexity index is 2720. The fourth-order valence-corrected chi connectivity index (χ4v) is 21.2. The van der Waals surface area contributed by atoms with Gasteiger partial charge in [0.15, 0.2) is 16.1 Å². The molecule has 0 amide bonds. The summed E-state index contributed by atoms with van der Waals surface area (Å²) in [4.78, 5) is 2.71. The molecule has 266 valence electrons. The third-order valence-corrected chi connectivity index (χ3v) is 22.7. The first-order valence-electron chi connectivity index (χ1n) is 20.0. The summed E-state index contributed by atoms with van der Waals surface area (Å²) in [6, 6.07) is 77.3. The maximum atomic E-state index is 2.71. The van der Waals surface area contributed by atoms with Crippen molar-refractivity contribution in [1.29, 1.82) is 0 Å². The molecule has 0 N–H and O–H groups in total. The van der Waals surface area contributed by atoms with Gasteiger partial charge in [-0.1, -0.05) is 214 Å². The third-order valence-electron chi connectivity index (χ3n) is 13.0. The molecule has 56 heavy (non-hydrogen) atoms. The second-order valence-corrected chi connectivity index (χ2v) is 24.3. The van der Waals surface area contributed by atoms with E-state index in [9.17, 15) is 0 Å². The number of para-hydroxylation sites is 2. The molecular weight excluding hydrogens is 706 g/mol. The zero-order chi connectivity index (χ0) is 37.6. The zero-order valence-electron chi connectivity index (χ0n) is 32.1. The first-order valence-corrected chi connectivity index (χ1v) is 24.0. The lowest BCUT2D eigenvalue weighted by molar-refractivity contribution is 0.591. The Balaban J connectivity index is 1.35. The van der Waals surface area contributed by atoms with E-state index in [1.807, 2.05) is 0 Å². The number of hydrogen-bond acceptors (Lipinski definition) is 1. The number of hydrogen-bond donors (Lipinski definition) is 0. The summed E-state index contributed by atoms with van der Waals surface area (Å²) in [5.74, 6) is 0. The number of nitrogens with zero attached hydrogens (tertiary/aromatic N) is 1. The van der Waals surface area contributed by atoms with Crippen molar-refractivity contribution in [2.24, 2.45) is 0 Å². The van der Waals surface area contributed by atoms with E-state index in [0.29, 0.717) is 0 Å². The molecule has 0 spiro atoms. The molecule has 3 aliphatic rings. The van der Waals surface area contributed by atoms with Crippen LogP contribution in [0.1, 0.15) is 26.3 Å². The van der Waals surface area contributed by atoms with E-state index in [1.54, 1.807) is 0 Å². The quantitative estimate of drug-likeness (QED) is 0.237. The highest BCUT2D eigenvalue weighted by Gasteiger charge is 2.57. The van der Waals surface area contributed by atoms with Crippen LogP contribution in [-0.2, 0) is 5.41 Å². The predicted molar refractivity (Wildman–Crippen MR) is 245 cm³/mol. The summed E-state index contributed by atoms with van der Waals surface area (Å²) in [6.07, 6.45) is 0. The molecule has 8 aromatic carbocycles. The van der Waals surface area contributed by atoms with E-state index < -0.39 is 16.1 Å². The van der Waals surface area contributed by atoms with Crippen molar-refractivity contribution in [2.75, 3.05) is 4.90 Å². The summed E-state index contributed by atoms with van der Waals surface area (Å²) in [5.41, 5.74) is 9.67. The molecule has 0 saturated heterocycles. The van der Waals surface area contributed by atoms with E-state index in [1.165, 1.54) is 80.5 Å². The van der Waals surface area contributed by atoms with E-state index in [2.05, 4.69) is 226 Å². The fraction of sp³-hybridized carbons (Fsp3) is 0.0769. The van der Waals surface area contributed by atoms with Gasteiger partial charge in [0.2, 0.25) is 6.71 Å². The van der Waals surface area contributed by atoms with Crippen LogP contribution in [0.3, 0.4) is 0 Å². The van der Waals surface area contributed by atoms with Gasteiger partial charge in [0, 0.05) is 17.1 Å². The lowest BCUT2D eigenvalue weighted by atomic mass is 9.34. The van der Waals surface area contributed by atoms with Crippen LogP contribution in [-0.4, -0.2) is 22.9 Å². The molecule has 3 aliphatic heterocycles. The van der Waals surface area contributed by atoms with Gasteiger partial charge in [-0.3, -0.25) is 0 Å². The van der Waals surface area contributed by atoms with Crippen LogP contribution in [0.2, 0.25) is 0 Å². The second kappa shape index (κ2) is 12.3. The normalized spacial score (nSPS) is 15.3. The molecule has 1 nitrogen and oxygen atoms in total. The lowest BCUT2D eigenvalue weighted by Crippen LogP contribution is -2.88. The van der Waals surface area contributed by atoms with Gasteiger partial charge in [-0.15, -0.1) is 0 Å². The summed E-state index contributed by atoms with van der Waals surface area (Å²) in [5, 5.41) is 11.7. The molecule has 0 radical (unpaired) electrons. The minimum Gasteiger partial charge on any atom is -0.312 e. The molecule has 0 saturated carbocycles. The predicted octanol–water partition coefficient (Wildman–Crippen LogP) is 4.67. The number of fused-ring (bicyclic) bond motifs is 6. The van der Waals surface area contributed by atoms with Gasteiger partial charge in [-0.05, 0) is 75.5 Å². The Hall–Kier alpha value is -5.94. The first-order chi connectivity index (χ1) is 27.4. The molecule has 11 rings (SSSR count).